The Kier molecular flexibility index (Phi) is 6.26. The topological polar surface area (TPSA) is 63.6 Å². The second kappa shape index (κ2) is 8.65. The van der Waals surface area contributed by atoms with E-state index >= 15 is 0 Å². The number of ether oxygens (including phenoxy) is 1. The summed E-state index contributed by atoms with van der Waals surface area (Å²) in [6.45, 7) is 5.53. The fourth-order valence-corrected chi connectivity index (χ4v) is 4.81. The lowest BCUT2D eigenvalue weighted by atomic mass is 10.1. The minimum absolute atomic E-state index is 0.00821. The lowest BCUT2D eigenvalue weighted by molar-refractivity contribution is -0.918. The predicted octanol–water partition coefficient (Wildman–Crippen LogP) is 3.01. The highest BCUT2D eigenvalue weighted by Crippen LogP contribution is 2.19. The van der Waals surface area contributed by atoms with E-state index in [9.17, 15) is 9.59 Å². The minimum atomic E-state index is -0.415. The van der Waals surface area contributed by atoms with Crippen molar-refractivity contribution in [2.45, 2.75) is 26.9 Å². The number of aromatic amines is 1. The Labute approximate surface area is 166 Å². The second-order valence-electron chi connectivity index (χ2n) is 6.48. The molecule has 5 nitrogen and oxygen atoms in total. The summed E-state index contributed by atoms with van der Waals surface area (Å²) < 4.78 is 4.84. The van der Waals surface area contributed by atoms with Crippen molar-refractivity contribution in [1.29, 1.82) is 0 Å². The summed E-state index contributed by atoms with van der Waals surface area (Å²) >= 11 is 3.41. The number of nitrogens with one attached hydrogen (secondary N) is 2. The lowest BCUT2D eigenvalue weighted by Gasteiger charge is -2.17. The van der Waals surface area contributed by atoms with Crippen molar-refractivity contribution in [3.05, 3.63) is 67.3 Å². The number of thiophene rings is 2. The van der Waals surface area contributed by atoms with E-state index in [0.29, 0.717) is 29.1 Å². The molecule has 142 valence electrons. The first-order valence-electron chi connectivity index (χ1n) is 8.68. The van der Waals surface area contributed by atoms with Crippen LogP contribution in [-0.2, 0) is 17.8 Å². The first-order chi connectivity index (χ1) is 13.0. The molecule has 0 amide bonds. The Bertz CT molecular complexity index is 875. The largest absolute Gasteiger partial charge is 0.465 e. The maximum Gasteiger partial charge on any atom is 0.339 e. The van der Waals surface area contributed by atoms with Crippen LogP contribution in [0.25, 0.3) is 0 Å². The number of ketones is 1. The fraction of sp³-hybridized carbons (Fsp3) is 0.300. The number of esters is 1. The zero-order chi connectivity index (χ0) is 19.4. The van der Waals surface area contributed by atoms with Gasteiger partial charge in [-0.05, 0) is 42.3 Å². The van der Waals surface area contributed by atoms with E-state index < -0.39 is 5.97 Å². The Morgan fingerprint density at radius 3 is 2.15 bits per heavy atom. The third-order valence-electron chi connectivity index (χ3n) is 4.53. The van der Waals surface area contributed by atoms with Gasteiger partial charge in [0.15, 0.2) is 0 Å². The highest BCUT2D eigenvalue weighted by molar-refractivity contribution is 7.10. The molecule has 7 heteroatoms. The van der Waals surface area contributed by atoms with Crippen LogP contribution in [0.3, 0.4) is 0 Å². The Morgan fingerprint density at radius 1 is 1.07 bits per heavy atom. The Hall–Kier alpha value is -2.22. The summed E-state index contributed by atoms with van der Waals surface area (Å²) in [5, 5.41) is 4.11. The Balaban J connectivity index is 1.80. The average Bonchev–Trinajstić information content (AvgIpc) is 3.37. The zero-order valence-corrected chi connectivity index (χ0v) is 17.3. The van der Waals surface area contributed by atoms with Crippen LogP contribution >= 0.6 is 22.7 Å². The molecule has 0 aliphatic heterocycles. The molecule has 0 aliphatic rings. The van der Waals surface area contributed by atoms with Gasteiger partial charge in [-0.3, -0.25) is 4.79 Å². The molecule has 27 heavy (non-hydrogen) atoms. The van der Waals surface area contributed by atoms with Crippen molar-refractivity contribution in [3.8, 4) is 0 Å². The van der Waals surface area contributed by atoms with Gasteiger partial charge >= 0.3 is 5.97 Å². The van der Waals surface area contributed by atoms with Gasteiger partial charge in [-0.1, -0.05) is 12.1 Å². The quantitative estimate of drug-likeness (QED) is 0.449. The van der Waals surface area contributed by atoms with Gasteiger partial charge in [0, 0.05) is 5.69 Å². The molecule has 0 aliphatic carbocycles. The molecular weight excluding hydrogens is 380 g/mol. The number of rotatable bonds is 8. The lowest BCUT2D eigenvalue weighted by Crippen LogP contribution is -3.10. The van der Waals surface area contributed by atoms with Crippen molar-refractivity contribution in [1.82, 2.24) is 4.98 Å². The smallest absolute Gasteiger partial charge is 0.339 e. The number of H-pyrrole nitrogens is 1. The SMILES string of the molecule is COC(=O)c1c(C)[nH]c(C(=O)C[NH+](Cc2cccs2)Cc2cccs2)c1C. The van der Waals surface area contributed by atoms with Crippen molar-refractivity contribution in [2.24, 2.45) is 0 Å². The van der Waals surface area contributed by atoms with E-state index in [1.54, 1.807) is 36.5 Å². The number of carbonyl (C=O) groups is 2. The number of hydrogen-bond acceptors (Lipinski definition) is 5. The number of methoxy groups -OCH3 is 1. The third kappa shape index (κ3) is 4.55. The van der Waals surface area contributed by atoms with Gasteiger partial charge in [0.25, 0.3) is 0 Å². The molecule has 0 radical (unpaired) electrons. The maximum atomic E-state index is 13.0. The van der Waals surface area contributed by atoms with E-state index in [1.807, 2.05) is 12.1 Å². The van der Waals surface area contributed by atoms with Crippen molar-refractivity contribution >= 4 is 34.4 Å². The molecule has 0 atom stereocenters. The second-order valence-corrected chi connectivity index (χ2v) is 8.54. The van der Waals surface area contributed by atoms with Crippen LogP contribution < -0.4 is 4.90 Å². The van der Waals surface area contributed by atoms with E-state index in [-0.39, 0.29) is 5.78 Å². The predicted molar refractivity (Wildman–Crippen MR) is 108 cm³/mol. The van der Waals surface area contributed by atoms with Crippen LogP contribution in [0.15, 0.2) is 35.0 Å². The highest BCUT2D eigenvalue weighted by Gasteiger charge is 2.25. The van der Waals surface area contributed by atoms with Gasteiger partial charge in [-0.2, -0.15) is 0 Å². The molecule has 0 fully saturated rings. The molecule has 0 aromatic carbocycles. The van der Waals surface area contributed by atoms with Crippen LogP contribution in [0, 0.1) is 13.8 Å². The summed E-state index contributed by atoms with van der Waals surface area (Å²) in [6, 6.07) is 8.27. The van der Waals surface area contributed by atoms with Gasteiger partial charge in [-0.25, -0.2) is 4.79 Å². The van der Waals surface area contributed by atoms with E-state index in [4.69, 9.17) is 4.74 Å². The number of aromatic nitrogens is 1. The van der Waals surface area contributed by atoms with E-state index in [1.165, 1.54) is 21.8 Å². The van der Waals surface area contributed by atoms with Crippen molar-refractivity contribution < 1.29 is 19.2 Å². The monoisotopic (exact) mass is 403 g/mol. The number of Topliss-reactive ketones (excluding diaryl/α,β-unsaturated/α-hetero) is 1. The maximum absolute atomic E-state index is 13.0. The molecule has 0 saturated heterocycles. The first kappa shape index (κ1) is 19.5. The molecule has 3 heterocycles. The van der Waals surface area contributed by atoms with Gasteiger partial charge in [0.1, 0.15) is 19.6 Å². The Morgan fingerprint density at radius 2 is 1.67 bits per heavy atom. The molecule has 3 rings (SSSR count). The van der Waals surface area contributed by atoms with Gasteiger partial charge in [0.05, 0.1) is 28.1 Å². The van der Waals surface area contributed by atoms with E-state index in [2.05, 4.69) is 27.9 Å². The van der Waals surface area contributed by atoms with Crippen molar-refractivity contribution in [3.63, 3.8) is 0 Å². The van der Waals surface area contributed by atoms with E-state index in [0.717, 1.165) is 13.1 Å². The summed E-state index contributed by atoms with van der Waals surface area (Å²) in [5.74, 6) is -0.407. The normalized spacial score (nSPS) is 11.1. The summed E-state index contributed by atoms with van der Waals surface area (Å²) in [4.78, 5) is 31.8. The molecule has 2 N–H and O–H groups in total. The van der Waals surface area contributed by atoms with Crippen molar-refractivity contribution in [2.75, 3.05) is 13.7 Å². The van der Waals surface area contributed by atoms with Crippen LogP contribution in [-0.4, -0.2) is 30.4 Å². The number of hydrogen-bond donors (Lipinski definition) is 2. The van der Waals surface area contributed by atoms with Crippen LogP contribution in [0.4, 0.5) is 0 Å². The molecule has 3 aromatic rings. The molecule has 0 spiro atoms. The van der Waals surface area contributed by atoms with Crippen LogP contribution in [0.5, 0.6) is 0 Å². The minimum Gasteiger partial charge on any atom is -0.465 e. The fourth-order valence-electron chi connectivity index (χ4n) is 3.26. The van der Waals surface area contributed by atoms with Gasteiger partial charge < -0.3 is 14.6 Å². The summed E-state index contributed by atoms with van der Waals surface area (Å²) in [5.41, 5.74) is 2.29. The average molecular weight is 404 g/mol. The highest BCUT2D eigenvalue weighted by atomic mass is 32.1. The molecular formula is C20H23N2O3S2+. The number of aryl methyl sites for hydroxylation is 1. The van der Waals surface area contributed by atoms with Gasteiger partial charge in [0.2, 0.25) is 5.78 Å². The summed E-state index contributed by atoms with van der Waals surface area (Å²) in [6.07, 6.45) is 0. The molecule has 0 bridgehead atoms. The zero-order valence-electron chi connectivity index (χ0n) is 15.6. The molecule has 3 aromatic heterocycles. The molecule has 0 unspecified atom stereocenters. The standard InChI is InChI=1S/C20H22N2O3S2/c1-13-18(20(24)25-3)14(2)21-19(13)17(23)12-22(10-15-6-4-8-26-15)11-16-7-5-9-27-16/h4-9,21H,10-12H2,1-3H3/p+1. The van der Waals surface area contributed by atoms with Crippen LogP contribution in [0.2, 0.25) is 0 Å². The van der Waals surface area contributed by atoms with Crippen LogP contribution in [0.1, 0.15) is 41.9 Å². The molecule has 0 saturated carbocycles. The summed E-state index contributed by atoms with van der Waals surface area (Å²) in [7, 11) is 1.35. The number of carbonyl (C=O) groups excluding carboxylic acids is 2. The number of quaternary nitrogens is 1. The first-order valence-corrected chi connectivity index (χ1v) is 10.4. The van der Waals surface area contributed by atoms with Gasteiger partial charge in [-0.15, -0.1) is 22.7 Å². The third-order valence-corrected chi connectivity index (χ3v) is 6.28.